The zero-order valence-corrected chi connectivity index (χ0v) is 24.1. The highest BCUT2D eigenvalue weighted by Crippen LogP contribution is 2.28. The molecule has 3 aromatic carbocycles. The van der Waals surface area contributed by atoms with Crippen molar-refractivity contribution in [3.8, 4) is 22.4 Å². The number of anilines is 1. The van der Waals surface area contributed by atoms with Crippen LogP contribution in [0.5, 0.6) is 0 Å². The summed E-state index contributed by atoms with van der Waals surface area (Å²) in [6.45, 7) is 0. The molecule has 33 heavy (non-hydrogen) atoms. The molecule has 4 rings (SSSR count). The van der Waals surface area contributed by atoms with Crippen molar-refractivity contribution in [2.45, 2.75) is 0 Å². The summed E-state index contributed by atoms with van der Waals surface area (Å²) >= 11 is 7.09. The van der Waals surface area contributed by atoms with E-state index in [0.29, 0.717) is 0 Å². The number of benzene rings is 3. The predicted molar refractivity (Wildman–Crippen MR) is 144 cm³/mol. The maximum Gasteiger partial charge on any atom is 0.213 e. The first-order valence-electron chi connectivity index (χ1n) is 10.4. The van der Waals surface area contributed by atoms with Crippen molar-refractivity contribution in [1.82, 2.24) is 0 Å². The monoisotopic (exact) mass is 674 g/mol. The summed E-state index contributed by atoms with van der Waals surface area (Å²) in [4.78, 5) is 2.11. The van der Waals surface area contributed by atoms with Crippen LogP contribution in [0.3, 0.4) is 0 Å². The SMILES string of the molecule is CN(C)c1ccc(C=Cc2cc(-c3ccc(Br)cc3)cc(-c3ccc(Br)cc3)[n+]2C)cc1.[I-]. The van der Waals surface area contributed by atoms with E-state index < -0.39 is 0 Å². The van der Waals surface area contributed by atoms with Gasteiger partial charge in [0, 0.05) is 52.5 Å². The Kier molecular flexibility index (Phi) is 8.90. The maximum atomic E-state index is 3.55. The minimum Gasteiger partial charge on any atom is -1.00 e. The summed E-state index contributed by atoms with van der Waals surface area (Å²) in [6, 6.07) is 30.1. The van der Waals surface area contributed by atoms with E-state index in [1.807, 2.05) is 0 Å². The molecule has 168 valence electrons. The molecule has 0 saturated heterocycles. The number of halogens is 3. The Morgan fingerprint density at radius 3 is 1.76 bits per heavy atom. The second-order valence-corrected chi connectivity index (χ2v) is 9.78. The van der Waals surface area contributed by atoms with E-state index in [4.69, 9.17) is 0 Å². The molecular formula is C28H25Br2IN2. The molecule has 0 spiro atoms. The van der Waals surface area contributed by atoms with Crippen LogP contribution in [-0.4, -0.2) is 14.1 Å². The highest BCUT2D eigenvalue weighted by Gasteiger charge is 2.16. The van der Waals surface area contributed by atoms with Crippen LogP contribution in [-0.2, 0) is 7.05 Å². The fraction of sp³-hybridized carbons (Fsp3) is 0.107. The molecule has 0 bridgehead atoms. The molecular weight excluding hydrogens is 651 g/mol. The van der Waals surface area contributed by atoms with Gasteiger partial charge in [-0.2, -0.15) is 4.57 Å². The molecule has 0 radical (unpaired) electrons. The van der Waals surface area contributed by atoms with Gasteiger partial charge in [-0.15, -0.1) is 0 Å². The van der Waals surface area contributed by atoms with Gasteiger partial charge >= 0.3 is 0 Å². The highest BCUT2D eigenvalue weighted by atomic mass is 127. The van der Waals surface area contributed by atoms with Gasteiger partial charge in [0.2, 0.25) is 11.4 Å². The van der Waals surface area contributed by atoms with Crippen LogP contribution in [0.1, 0.15) is 11.3 Å². The lowest BCUT2D eigenvalue weighted by Crippen LogP contribution is -3.00. The van der Waals surface area contributed by atoms with Crippen molar-refractivity contribution < 1.29 is 28.5 Å². The van der Waals surface area contributed by atoms with E-state index in [2.05, 4.69) is 160 Å². The third kappa shape index (κ3) is 6.34. The fourth-order valence-corrected chi connectivity index (χ4v) is 4.14. The summed E-state index contributed by atoms with van der Waals surface area (Å²) in [5, 5.41) is 0. The minimum atomic E-state index is 0. The predicted octanol–water partition coefficient (Wildman–Crippen LogP) is 4.61. The molecule has 2 nitrogen and oxygen atoms in total. The topological polar surface area (TPSA) is 7.12 Å². The van der Waals surface area contributed by atoms with Gasteiger partial charge in [-0.05, 0) is 71.3 Å². The normalized spacial score (nSPS) is 10.8. The van der Waals surface area contributed by atoms with Crippen molar-refractivity contribution in [2.75, 3.05) is 19.0 Å². The maximum absolute atomic E-state index is 3.55. The van der Waals surface area contributed by atoms with Crippen molar-refractivity contribution in [2.24, 2.45) is 7.05 Å². The van der Waals surface area contributed by atoms with Crippen molar-refractivity contribution in [1.29, 1.82) is 0 Å². The Morgan fingerprint density at radius 2 is 1.21 bits per heavy atom. The fourth-order valence-electron chi connectivity index (χ4n) is 3.61. The molecule has 5 heteroatoms. The number of pyridine rings is 1. The van der Waals surface area contributed by atoms with Crippen LogP contribution >= 0.6 is 31.9 Å². The van der Waals surface area contributed by atoms with Crippen LogP contribution < -0.4 is 33.4 Å². The van der Waals surface area contributed by atoms with Gasteiger partial charge in [-0.1, -0.05) is 56.1 Å². The molecule has 0 aliphatic heterocycles. The molecule has 4 aromatic rings. The summed E-state index contributed by atoms with van der Waals surface area (Å²) in [5.41, 5.74) is 8.24. The Hall–Kier alpha value is -1.96. The summed E-state index contributed by atoms with van der Waals surface area (Å²) < 4.78 is 4.41. The van der Waals surface area contributed by atoms with Crippen LogP contribution in [0.4, 0.5) is 5.69 Å². The molecule has 0 N–H and O–H groups in total. The lowest BCUT2D eigenvalue weighted by Gasteiger charge is -2.11. The Balaban J connectivity index is 0.00000306. The van der Waals surface area contributed by atoms with E-state index >= 15 is 0 Å². The average Bonchev–Trinajstić information content (AvgIpc) is 2.80. The van der Waals surface area contributed by atoms with E-state index in [-0.39, 0.29) is 24.0 Å². The van der Waals surface area contributed by atoms with Crippen LogP contribution in [0.25, 0.3) is 34.5 Å². The van der Waals surface area contributed by atoms with Gasteiger partial charge < -0.3 is 28.9 Å². The van der Waals surface area contributed by atoms with E-state index in [1.165, 1.54) is 33.6 Å². The van der Waals surface area contributed by atoms with Gasteiger partial charge in [0.1, 0.15) is 7.05 Å². The van der Waals surface area contributed by atoms with E-state index in [1.54, 1.807) is 0 Å². The minimum absolute atomic E-state index is 0. The molecule has 0 fully saturated rings. The first-order chi connectivity index (χ1) is 15.4. The second kappa shape index (κ2) is 11.4. The Morgan fingerprint density at radius 1 is 0.667 bits per heavy atom. The molecule has 0 unspecified atom stereocenters. The zero-order valence-electron chi connectivity index (χ0n) is 18.8. The van der Waals surface area contributed by atoms with Crippen molar-refractivity contribution in [3.05, 3.63) is 105 Å². The summed E-state index contributed by atoms with van der Waals surface area (Å²) in [5.74, 6) is 0. The van der Waals surface area contributed by atoms with Crippen molar-refractivity contribution >= 4 is 49.7 Å². The molecule has 0 atom stereocenters. The number of hydrogen-bond acceptors (Lipinski definition) is 1. The number of rotatable bonds is 5. The molecule has 0 saturated carbocycles. The van der Waals surface area contributed by atoms with E-state index in [0.717, 1.165) is 14.6 Å². The Labute approximate surface area is 230 Å². The van der Waals surface area contributed by atoms with Gasteiger partial charge in [0.15, 0.2) is 0 Å². The molecule has 1 heterocycles. The second-order valence-electron chi connectivity index (χ2n) is 7.95. The van der Waals surface area contributed by atoms with Crippen LogP contribution in [0.15, 0.2) is 93.9 Å². The highest BCUT2D eigenvalue weighted by molar-refractivity contribution is 9.10. The molecule has 0 aliphatic carbocycles. The third-order valence-electron chi connectivity index (χ3n) is 5.52. The van der Waals surface area contributed by atoms with Gasteiger partial charge in [-0.25, -0.2) is 0 Å². The van der Waals surface area contributed by atoms with Gasteiger partial charge in [0.25, 0.3) is 0 Å². The standard InChI is InChI=1S/C28H25Br2N2.HI/c1-31(2)26-15-4-20(5-16-26)6-17-27-18-23(21-7-11-24(29)12-8-21)19-28(32(27)3)22-9-13-25(30)14-10-22;/h4-19H,1-3H3;1H/q+1;/p-1. The first-order valence-corrected chi connectivity index (χ1v) is 12.0. The number of hydrogen-bond donors (Lipinski definition) is 0. The van der Waals surface area contributed by atoms with Crippen LogP contribution in [0, 0.1) is 0 Å². The first kappa shape index (κ1) is 25.7. The Bertz CT molecular complexity index is 1250. The van der Waals surface area contributed by atoms with E-state index in [9.17, 15) is 0 Å². The molecule has 0 aliphatic rings. The molecule has 0 amide bonds. The number of nitrogens with zero attached hydrogens (tertiary/aromatic N) is 2. The number of aromatic nitrogens is 1. The zero-order chi connectivity index (χ0) is 22.7. The van der Waals surface area contributed by atoms with Gasteiger partial charge in [0.05, 0.1) is 0 Å². The largest absolute Gasteiger partial charge is 1.00 e. The average molecular weight is 676 g/mol. The third-order valence-corrected chi connectivity index (χ3v) is 6.58. The summed E-state index contributed by atoms with van der Waals surface area (Å²) in [7, 11) is 6.24. The molecule has 1 aromatic heterocycles. The van der Waals surface area contributed by atoms with Crippen LogP contribution in [0.2, 0.25) is 0 Å². The lowest BCUT2D eigenvalue weighted by atomic mass is 10.0. The van der Waals surface area contributed by atoms with Crippen molar-refractivity contribution in [3.63, 3.8) is 0 Å². The quantitative estimate of drug-likeness (QED) is 0.222. The van der Waals surface area contributed by atoms with Gasteiger partial charge in [-0.3, -0.25) is 0 Å². The smallest absolute Gasteiger partial charge is 0.213 e. The summed E-state index contributed by atoms with van der Waals surface area (Å²) in [6.07, 6.45) is 4.36. The lowest BCUT2D eigenvalue weighted by molar-refractivity contribution is -0.662.